The highest BCUT2D eigenvalue weighted by Gasteiger charge is 2.20. The third-order valence-corrected chi connectivity index (χ3v) is 3.95. The number of aromatic nitrogens is 4. The average Bonchev–Trinajstić information content (AvgIpc) is 3.47. The maximum absolute atomic E-state index is 12.6. The second-order valence-corrected chi connectivity index (χ2v) is 5.91. The zero-order valence-corrected chi connectivity index (χ0v) is 15.1. The predicted octanol–water partition coefficient (Wildman–Crippen LogP) is 2.86. The van der Waals surface area contributed by atoms with E-state index in [9.17, 15) is 9.59 Å². The fraction of sp³-hybridized carbons (Fsp3) is 0.0500. The predicted molar refractivity (Wildman–Crippen MR) is 101 cm³/mol. The summed E-state index contributed by atoms with van der Waals surface area (Å²) in [5.41, 5.74) is 0.943. The monoisotopic (exact) mass is 389 g/mol. The minimum absolute atomic E-state index is 0.0140. The number of carbonyl (C=O) groups is 2. The smallest absolute Gasteiger partial charge is 0.342 e. The molecule has 29 heavy (non-hydrogen) atoms. The Bertz CT molecular complexity index is 1110. The lowest BCUT2D eigenvalue weighted by Crippen LogP contribution is -2.18. The molecule has 0 saturated carbocycles. The Morgan fingerprint density at radius 1 is 1.03 bits per heavy atom. The van der Waals surface area contributed by atoms with Gasteiger partial charge in [-0.1, -0.05) is 35.5 Å². The van der Waals surface area contributed by atoms with Crippen LogP contribution in [0.3, 0.4) is 0 Å². The number of hydrogen-bond acceptors (Lipinski definition) is 7. The van der Waals surface area contributed by atoms with Crippen LogP contribution in [0.15, 0.2) is 77.7 Å². The van der Waals surface area contributed by atoms with Crippen LogP contribution >= 0.6 is 0 Å². The molecule has 9 heteroatoms. The van der Waals surface area contributed by atoms with E-state index in [-0.39, 0.29) is 23.7 Å². The van der Waals surface area contributed by atoms with Crippen LogP contribution in [0, 0.1) is 0 Å². The fourth-order valence-corrected chi connectivity index (χ4v) is 2.54. The molecule has 0 spiro atoms. The van der Waals surface area contributed by atoms with Crippen molar-refractivity contribution in [2.75, 3.05) is 5.32 Å². The molecule has 0 fully saturated rings. The second kappa shape index (κ2) is 8.17. The summed E-state index contributed by atoms with van der Waals surface area (Å²) in [7, 11) is 0. The number of ether oxygens (including phenoxy) is 1. The third-order valence-electron chi connectivity index (χ3n) is 3.95. The number of rotatable bonds is 6. The first kappa shape index (κ1) is 18.1. The van der Waals surface area contributed by atoms with Crippen molar-refractivity contribution in [1.29, 1.82) is 0 Å². The Kier molecular flexibility index (Phi) is 5.10. The maximum atomic E-state index is 12.6. The van der Waals surface area contributed by atoms with E-state index in [2.05, 4.69) is 20.6 Å². The van der Waals surface area contributed by atoms with Gasteiger partial charge in [-0.3, -0.25) is 4.79 Å². The zero-order chi connectivity index (χ0) is 20.1. The molecule has 3 heterocycles. The summed E-state index contributed by atoms with van der Waals surface area (Å²) in [6, 6.07) is 15.5. The van der Waals surface area contributed by atoms with Crippen LogP contribution < -0.4 is 5.32 Å². The summed E-state index contributed by atoms with van der Waals surface area (Å²) < 4.78 is 11.7. The molecule has 1 N–H and O–H groups in total. The minimum atomic E-state index is -0.624. The van der Waals surface area contributed by atoms with Crippen LogP contribution in [0.1, 0.15) is 26.5 Å². The zero-order valence-electron chi connectivity index (χ0n) is 15.1. The lowest BCUT2D eigenvalue weighted by molar-refractivity contribution is 0.0473. The van der Waals surface area contributed by atoms with Crippen LogP contribution in [0.4, 0.5) is 5.82 Å². The van der Waals surface area contributed by atoms with E-state index in [4.69, 9.17) is 9.26 Å². The third kappa shape index (κ3) is 4.19. The summed E-state index contributed by atoms with van der Waals surface area (Å²) in [4.78, 5) is 29.3. The molecule has 4 rings (SSSR count). The van der Waals surface area contributed by atoms with Gasteiger partial charge in [0.2, 0.25) is 5.76 Å². The van der Waals surface area contributed by atoms with Crippen molar-refractivity contribution in [3.8, 4) is 5.82 Å². The van der Waals surface area contributed by atoms with Gasteiger partial charge in [-0.15, -0.1) is 0 Å². The molecule has 0 bridgehead atoms. The molecule has 0 atom stereocenters. The fourth-order valence-electron chi connectivity index (χ4n) is 2.54. The molecule has 3 aromatic heterocycles. The van der Waals surface area contributed by atoms with Crippen molar-refractivity contribution in [3.63, 3.8) is 0 Å². The number of nitrogens with one attached hydrogen (secondary N) is 1. The standard InChI is InChI=1S/C20H15N5O4/c26-19(16-9-11-22-29-16)24-18-15(7-8-17(23-18)25-12-4-10-21-25)20(27)28-13-14-5-2-1-3-6-14/h1-12H,13H2,(H,23,24,26). The Balaban J connectivity index is 1.60. The summed E-state index contributed by atoms with van der Waals surface area (Å²) in [6.45, 7) is 0.0933. The Morgan fingerprint density at radius 2 is 1.90 bits per heavy atom. The van der Waals surface area contributed by atoms with Gasteiger partial charge in [0.05, 0.1) is 6.20 Å². The molecule has 0 saturated heterocycles. The SMILES string of the molecule is O=C(Nc1nc(-n2cccn2)ccc1C(=O)OCc1ccccc1)c1ccno1. The summed E-state index contributed by atoms with van der Waals surface area (Å²) in [5.74, 6) is -0.786. The van der Waals surface area contributed by atoms with E-state index in [1.165, 1.54) is 23.0 Å². The van der Waals surface area contributed by atoms with Crippen LogP contribution in [-0.4, -0.2) is 31.8 Å². The highest BCUT2D eigenvalue weighted by atomic mass is 16.5. The van der Waals surface area contributed by atoms with Crippen LogP contribution in [0.2, 0.25) is 0 Å². The van der Waals surface area contributed by atoms with E-state index < -0.39 is 11.9 Å². The van der Waals surface area contributed by atoms with Gasteiger partial charge in [-0.05, 0) is 23.8 Å². The van der Waals surface area contributed by atoms with Gasteiger partial charge < -0.3 is 14.6 Å². The van der Waals surface area contributed by atoms with Crippen molar-refractivity contribution >= 4 is 17.7 Å². The Hall–Kier alpha value is -4.27. The molecule has 0 unspecified atom stereocenters. The summed E-state index contributed by atoms with van der Waals surface area (Å²) >= 11 is 0. The molecule has 4 aromatic rings. The summed E-state index contributed by atoms with van der Waals surface area (Å²) in [5, 5.41) is 10.2. The molecule has 1 aromatic carbocycles. The average molecular weight is 389 g/mol. The molecule has 0 aliphatic rings. The van der Waals surface area contributed by atoms with E-state index in [0.29, 0.717) is 5.82 Å². The first-order valence-electron chi connectivity index (χ1n) is 8.65. The number of esters is 1. The Labute approximate surface area is 164 Å². The van der Waals surface area contributed by atoms with Gasteiger partial charge in [-0.25, -0.2) is 14.5 Å². The molecular formula is C20H15N5O4. The van der Waals surface area contributed by atoms with Crippen molar-refractivity contribution in [2.24, 2.45) is 0 Å². The molecule has 0 aliphatic carbocycles. The van der Waals surface area contributed by atoms with Crippen molar-refractivity contribution < 1.29 is 18.8 Å². The topological polar surface area (TPSA) is 112 Å². The van der Waals surface area contributed by atoms with Gasteiger partial charge in [-0.2, -0.15) is 5.10 Å². The van der Waals surface area contributed by atoms with E-state index >= 15 is 0 Å². The minimum Gasteiger partial charge on any atom is -0.457 e. The number of pyridine rings is 1. The number of carbonyl (C=O) groups excluding carboxylic acids is 2. The molecule has 0 aliphatic heterocycles. The first-order chi connectivity index (χ1) is 14.2. The molecule has 0 radical (unpaired) electrons. The lowest BCUT2D eigenvalue weighted by atomic mass is 10.2. The van der Waals surface area contributed by atoms with E-state index in [1.54, 1.807) is 24.5 Å². The van der Waals surface area contributed by atoms with Crippen LogP contribution in [-0.2, 0) is 11.3 Å². The maximum Gasteiger partial charge on any atom is 0.342 e. The number of hydrogen-bond donors (Lipinski definition) is 1. The number of amides is 1. The highest BCUT2D eigenvalue weighted by Crippen LogP contribution is 2.19. The summed E-state index contributed by atoms with van der Waals surface area (Å²) in [6.07, 6.45) is 4.63. The Morgan fingerprint density at radius 3 is 2.62 bits per heavy atom. The van der Waals surface area contributed by atoms with Gasteiger partial charge in [0, 0.05) is 18.5 Å². The molecule has 9 nitrogen and oxygen atoms in total. The molecule has 144 valence electrons. The first-order valence-corrected chi connectivity index (χ1v) is 8.65. The quantitative estimate of drug-likeness (QED) is 0.505. The van der Waals surface area contributed by atoms with Crippen molar-refractivity contribution in [2.45, 2.75) is 6.61 Å². The van der Waals surface area contributed by atoms with Crippen molar-refractivity contribution in [1.82, 2.24) is 19.9 Å². The van der Waals surface area contributed by atoms with Crippen LogP contribution in [0.25, 0.3) is 5.82 Å². The number of nitrogens with zero attached hydrogens (tertiary/aromatic N) is 4. The molecule has 1 amide bonds. The van der Waals surface area contributed by atoms with Crippen molar-refractivity contribution in [3.05, 3.63) is 90.1 Å². The largest absolute Gasteiger partial charge is 0.457 e. The lowest BCUT2D eigenvalue weighted by Gasteiger charge is -2.11. The van der Waals surface area contributed by atoms with E-state index in [1.807, 2.05) is 30.3 Å². The normalized spacial score (nSPS) is 10.5. The van der Waals surface area contributed by atoms with Gasteiger partial charge in [0.25, 0.3) is 5.91 Å². The molecular weight excluding hydrogens is 374 g/mol. The highest BCUT2D eigenvalue weighted by molar-refractivity contribution is 6.05. The second-order valence-electron chi connectivity index (χ2n) is 5.91. The van der Waals surface area contributed by atoms with Gasteiger partial charge >= 0.3 is 5.97 Å². The van der Waals surface area contributed by atoms with Gasteiger partial charge in [0.1, 0.15) is 18.0 Å². The van der Waals surface area contributed by atoms with E-state index in [0.717, 1.165) is 5.56 Å². The van der Waals surface area contributed by atoms with Gasteiger partial charge in [0.15, 0.2) is 5.82 Å². The van der Waals surface area contributed by atoms with Crippen LogP contribution in [0.5, 0.6) is 0 Å². The number of benzene rings is 1. The number of anilines is 1.